The molecule has 0 radical (unpaired) electrons. The molecule has 1 amide bonds. The largest absolute Gasteiger partial charge is 0.348 e. The third kappa shape index (κ3) is 2.63. The number of fused-ring (bicyclic) bond motifs is 1. The van der Waals surface area contributed by atoms with Crippen LogP contribution in [-0.2, 0) is 0 Å². The molecule has 0 saturated carbocycles. The highest BCUT2D eigenvalue weighted by molar-refractivity contribution is 5.94. The minimum Gasteiger partial charge on any atom is -0.348 e. The molecule has 0 unspecified atom stereocenters. The molecule has 102 valence electrons. The number of pyridine rings is 1. The van der Waals surface area contributed by atoms with Gasteiger partial charge >= 0.3 is 0 Å². The Morgan fingerprint density at radius 2 is 2.21 bits per heavy atom. The van der Waals surface area contributed by atoms with E-state index in [1.165, 1.54) is 25.8 Å². The molecule has 0 aliphatic carbocycles. The summed E-state index contributed by atoms with van der Waals surface area (Å²) < 4.78 is 0. The molecule has 2 fully saturated rings. The summed E-state index contributed by atoms with van der Waals surface area (Å²) in [6.45, 7) is 4.25. The quantitative estimate of drug-likeness (QED) is 0.880. The summed E-state index contributed by atoms with van der Waals surface area (Å²) in [4.78, 5) is 18.9. The highest BCUT2D eigenvalue weighted by Gasteiger charge is 2.36. The molecular weight excluding hydrogens is 238 g/mol. The first-order valence-electron chi connectivity index (χ1n) is 7.21. The van der Waals surface area contributed by atoms with E-state index in [4.69, 9.17) is 0 Å². The Morgan fingerprint density at radius 1 is 1.32 bits per heavy atom. The van der Waals surface area contributed by atoms with Gasteiger partial charge in [-0.05, 0) is 44.9 Å². The lowest BCUT2D eigenvalue weighted by atomic mass is 9.99. The van der Waals surface area contributed by atoms with Crippen LogP contribution in [0.25, 0.3) is 0 Å². The normalized spacial score (nSPS) is 27.0. The molecule has 3 rings (SSSR count). The van der Waals surface area contributed by atoms with Crippen molar-refractivity contribution in [2.45, 2.75) is 44.7 Å². The van der Waals surface area contributed by atoms with E-state index in [0.29, 0.717) is 17.6 Å². The average Bonchev–Trinajstić information content (AvgIpc) is 2.83. The Labute approximate surface area is 114 Å². The van der Waals surface area contributed by atoms with Crippen LogP contribution in [0.3, 0.4) is 0 Å². The van der Waals surface area contributed by atoms with E-state index in [-0.39, 0.29) is 5.91 Å². The predicted octanol–water partition coefficient (Wildman–Crippen LogP) is 1.75. The van der Waals surface area contributed by atoms with Crippen molar-refractivity contribution in [3.05, 3.63) is 29.6 Å². The number of rotatable bonds is 2. The lowest BCUT2D eigenvalue weighted by Gasteiger charge is -2.32. The molecule has 4 heteroatoms. The summed E-state index contributed by atoms with van der Waals surface area (Å²) in [6.07, 6.45) is 6.56. The van der Waals surface area contributed by atoms with Crippen LogP contribution in [0.4, 0.5) is 0 Å². The minimum atomic E-state index is 0.0184. The maximum Gasteiger partial charge on any atom is 0.253 e. The fourth-order valence-electron chi connectivity index (χ4n) is 3.27. The fraction of sp³-hybridized carbons (Fsp3) is 0.600. The second-order valence-electron chi connectivity index (χ2n) is 5.66. The van der Waals surface area contributed by atoms with Crippen LogP contribution in [0.5, 0.6) is 0 Å². The smallest absolute Gasteiger partial charge is 0.253 e. The molecule has 0 bridgehead atoms. The molecule has 0 aromatic carbocycles. The number of hydrogen-bond acceptors (Lipinski definition) is 3. The SMILES string of the molecule is Cc1ccc(C(=O)N[C@@H]2CCN3CCCC[C@@H]23)cn1. The first kappa shape index (κ1) is 12.6. The summed E-state index contributed by atoms with van der Waals surface area (Å²) in [7, 11) is 0. The first-order valence-corrected chi connectivity index (χ1v) is 7.21. The Hall–Kier alpha value is -1.42. The molecule has 4 nitrogen and oxygen atoms in total. The lowest BCUT2D eigenvalue weighted by molar-refractivity contribution is 0.0915. The minimum absolute atomic E-state index is 0.0184. The molecule has 1 aromatic rings. The number of nitrogens with zero attached hydrogens (tertiary/aromatic N) is 2. The van der Waals surface area contributed by atoms with Gasteiger partial charge in [-0.25, -0.2) is 0 Å². The Kier molecular flexibility index (Phi) is 3.51. The van der Waals surface area contributed by atoms with E-state index in [1.807, 2.05) is 19.1 Å². The first-order chi connectivity index (χ1) is 9.24. The molecule has 2 atom stereocenters. The molecule has 2 saturated heterocycles. The van der Waals surface area contributed by atoms with E-state index >= 15 is 0 Å². The second kappa shape index (κ2) is 5.29. The third-order valence-electron chi connectivity index (χ3n) is 4.35. The summed E-state index contributed by atoms with van der Waals surface area (Å²) in [5, 5.41) is 3.19. The van der Waals surface area contributed by atoms with Crippen molar-refractivity contribution in [3.8, 4) is 0 Å². The van der Waals surface area contributed by atoms with Crippen LogP contribution in [-0.4, -0.2) is 41.0 Å². The maximum atomic E-state index is 12.2. The number of amides is 1. The van der Waals surface area contributed by atoms with E-state index < -0.39 is 0 Å². The Balaban J connectivity index is 1.65. The number of carbonyl (C=O) groups is 1. The number of nitrogens with one attached hydrogen (secondary N) is 1. The third-order valence-corrected chi connectivity index (χ3v) is 4.35. The molecular formula is C15H21N3O. The zero-order chi connectivity index (χ0) is 13.2. The van der Waals surface area contributed by atoms with E-state index in [1.54, 1.807) is 6.20 Å². The number of aryl methyl sites for hydroxylation is 1. The van der Waals surface area contributed by atoms with Gasteiger partial charge in [0.25, 0.3) is 5.91 Å². The van der Waals surface area contributed by atoms with Gasteiger partial charge in [0.2, 0.25) is 0 Å². The Bertz CT molecular complexity index is 457. The summed E-state index contributed by atoms with van der Waals surface area (Å²) in [5.41, 5.74) is 1.61. The van der Waals surface area contributed by atoms with Gasteiger partial charge in [0.1, 0.15) is 0 Å². The van der Waals surface area contributed by atoms with Gasteiger partial charge in [-0.2, -0.15) is 0 Å². The van der Waals surface area contributed by atoms with Crippen molar-refractivity contribution in [2.24, 2.45) is 0 Å². The van der Waals surface area contributed by atoms with Gasteiger partial charge < -0.3 is 5.32 Å². The van der Waals surface area contributed by atoms with Crippen LogP contribution >= 0.6 is 0 Å². The van der Waals surface area contributed by atoms with Crippen molar-refractivity contribution in [2.75, 3.05) is 13.1 Å². The molecule has 2 aliphatic rings. The molecule has 1 aromatic heterocycles. The summed E-state index contributed by atoms with van der Waals surface area (Å²) in [5.74, 6) is 0.0184. The zero-order valence-electron chi connectivity index (χ0n) is 11.4. The van der Waals surface area contributed by atoms with E-state index in [0.717, 1.165) is 18.7 Å². The van der Waals surface area contributed by atoms with Crippen LogP contribution in [0.15, 0.2) is 18.3 Å². The van der Waals surface area contributed by atoms with Gasteiger partial charge in [0, 0.05) is 30.5 Å². The van der Waals surface area contributed by atoms with Gasteiger partial charge in [-0.1, -0.05) is 6.42 Å². The number of aromatic nitrogens is 1. The monoisotopic (exact) mass is 259 g/mol. The lowest BCUT2D eigenvalue weighted by Crippen LogP contribution is -2.46. The Morgan fingerprint density at radius 3 is 3.00 bits per heavy atom. The van der Waals surface area contributed by atoms with Crippen molar-refractivity contribution in [3.63, 3.8) is 0 Å². The molecule has 2 aliphatic heterocycles. The van der Waals surface area contributed by atoms with Crippen LogP contribution in [0.2, 0.25) is 0 Å². The van der Waals surface area contributed by atoms with Gasteiger partial charge in [-0.15, -0.1) is 0 Å². The summed E-state index contributed by atoms with van der Waals surface area (Å²) >= 11 is 0. The van der Waals surface area contributed by atoms with E-state index in [2.05, 4.69) is 15.2 Å². The number of hydrogen-bond donors (Lipinski definition) is 1. The van der Waals surface area contributed by atoms with Crippen molar-refractivity contribution < 1.29 is 4.79 Å². The molecule has 0 spiro atoms. The number of carbonyl (C=O) groups excluding carboxylic acids is 1. The van der Waals surface area contributed by atoms with Crippen molar-refractivity contribution >= 4 is 5.91 Å². The molecule has 19 heavy (non-hydrogen) atoms. The van der Waals surface area contributed by atoms with E-state index in [9.17, 15) is 4.79 Å². The highest BCUT2D eigenvalue weighted by atomic mass is 16.1. The second-order valence-corrected chi connectivity index (χ2v) is 5.66. The van der Waals surface area contributed by atoms with Crippen LogP contribution in [0.1, 0.15) is 41.7 Å². The van der Waals surface area contributed by atoms with Gasteiger partial charge in [0.15, 0.2) is 0 Å². The predicted molar refractivity (Wildman–Crippen MR) is 74.1 cm³/mol. The topological polar surface area (TPSA) is 45.2 Å². The summed E-state index contributed by atoms with van der Waals surface area (Å²) in [6, 6.07) is 4.60. The molecule has 3 heterocycles. The molecule has 1 N–H and O–H groups in total. The van der Waals surface area contributed by atoms with Crippen LogP contribution < -0.4 is 5.32 Å². The van der Waals surface area contributed by atoms with Gasteiger partial charge in [-0.3, -0.25) is 14.7 Å². The number of piperidine rings is 1. The maximum absolute atomic E-state index is 12.2. The van der Waals surface area contributed by atoms with Crippen molar-refractivity contribution in [1.82, 2.24) is 15.2 Å². The van der Waals surface area contributed by atoms with Crippen LogP contribution in [0, 0.1) is 6.92 Å². The average molecular weight is 259 g/mol. The zero-order valence-corrected chi connectivity index (χ0v) is 11.4. The van der Waals surface area contributed by atoms with Gasteiger partial charge in [0.05, 0.1) is 5.56 Å². The highest BCUT2D eigenvalue weighted by Crippen LogP contribution is 2.27. The fourth-order valence-corrected chi connectivity index (χ4v) is 3.27. The standard InChI is InChI=1S/C15H21N3O/c1-11-5-6-12(10-16-11)15(19)17-13-7-9-18-8-3-2-4-14(13)18/h5-6,10,13-14H,2-4,7-9H2,1H3,(H,17,19)/t13-,14+/m1/s1. The van der Waals surface area contributed by atoms with Crippen molar-refractivity contribution in [1.29, 1.82) is 0 Å².